The lowest BCUT2D eigenvalue weighted by molar-refractivity contribution is -0.115. The summed E-state index contributed by atoms with van der Waals surface area (Å²) in [6.45, 7) is -2.77. The Kier molecular flexibility index (Phi) is 4.57. The van der Waals surface area contributed by atoms with Gasteiger partial charge in [0.1, 0.15) is 12.3 Å². The number of nitrogens with one attached hydrogen (secondary N) is 2. The highest BCUT2D eigenvalue weighted by molar-refractivity contribution is 7.80. The molecule has 1 heterocycles. The number of alkyl halides is 2. The van der Waals surface area contributed by atoms with Crippen LogP contribution in [0.5, 0.6) is 5.75 Å². The summed E-state index contributed by atoms with van der Waals surface area (Å²) < 4.78 is 28.6. The first-order valence-electron chi connectivity index (χ1n) is 7.05. The maximum Gasteiger partial charge on any atom is 0.387 e. The lowest BCUT2D eigenvalue weighted by Gasteiger charge is -2.31. The molecule has 1 amide bonds. The van der Waals surface area contributed by atoms with Gasteiger partial charge >= 0.3 is 6.61 Å². The molecule has 0 bridgehead atoms. The van der Waals surface area contributed by atoms with Crippen molar-refractivity contribution in [2.45, 2.75) is 6.61 Å². The lowest BCUT2D eigenvalue weighted by atomic mass is 10.2. The monoisotopic (exact) mass is 349 g/mol. The molecule has 0 saturated carbocycles. The number of fused-ring (bicyclic) bond motifs is 1. The molecule has 0 fully saturated rings. The van der Waals surface area contributed by atoms with Gasteiger partial charge in [0.25, 0.3) is 0 Å². The highest BCUT2D eigenvalue weighted by Gasteiger charge is 2.24. The van der Waals surface area contributed by atoms with Gasteiger partial charge in [-0.15, -0.1) is 0 Å². The van der Waals surface area contributed by atoms with Crippen molar-refractivity contribution in [1.29, 1.82) is 0 Å². The van der Waals surface area contributed by atoms with Crippen LogP contribution in [0, 0.1) is 0 Å². The Labute approximate surface area is 142 Å². The van der Waals surface area contributed by atoms with Crippen LogP contribution in [0.1, 0.15) is 0 Å². The number of benzene rings is 2. The van der Waals surface area contributed by atoms with Crippen LogP contribution in [-0.2, 0) is 4.79 Å². The van der Waals surface area contributed by atoms with Gasteiger partial charge in [0.05, 0.1) is 11.4 Å². The second kappa shape index (κ2) is 6.79. The fraction of sp³-hybridized carbons (Fsp3) is 0.125. The minimum absolute atomic E-state index is 0.0594. The molecule has 0 radical (unpaired) electrons. The van der Waals surface area contributed by atoms with E-state index in [-0.39, 0.29) is 18.2 Å². The van der Waals surface area contributed by atoms with Crippen molar-refractivity contribution in [2.75, 3.05) is 22.1 Å². The molecular formula is C16H13F2N3O2S. The number of carbonyl (C=O) groups excluding carboxylic acids is 1. The van der Waals surface area contributed by atoms with Gasteiger partial charge in [-0.05, 0) is 48.6 Å². The van der Waals surface area contributed by atoms with E-state index in [4.69, 9.17) is 12.2 Å². The van der Waals surface area contributed by atoms with Crippen molar-refractivity contribution >= 4 is 40.3 Å². The van der Waals surface area contributed by atoms with Crippen LogP contribution in [0.15, 0.2) is 48.5 Å². The van der Waals surface area contributed by atoms with E-state index in [0.29, 0.717) is 16.5 Å². The summed E-state index contributed by atoms with van der Waals surface area (Å²) in [7, 11) is 0. The first kappa shape index (κ1) is 16.1. The fourth-order valence-corrected chi connectivity index (χ4v) is 2.61. The maximum absolute atomic E-state index is 12.1. The molecule has 2 aromatic carbocycles. The quantitative estimate of drug-likeness (QED) is 0.832. The van der Waals surface area contributed by atoms with Gasteiger partial charge in [-0.2, -0.15) is 8.78 Å². The minimum atomic E-state index is -2.87. The molecule has 124 valence electrons. The zero-order valence-corrected chi connectivity index (χ0v) is 13.1. The number of ether oxygens (including phenoxy) is 1. The third-order valence-electron chi connectivity index (χ3n) is 3.35. The van der Waals surface area contributed by atoms with E-state index >= 15 is 0 Å². The van der Waals surface area contributed by atoms with Gasteiger partial charge in [-0.25, -0.2) is 0 Å². The highest BCUT2D eigenvalue weighted by Crippen LogP contribution is 2.29. The Morgan fingerprint density at radius 2 is 1.92 bits per heavy atom. The highest BCUT2D eigenvalue weighted by atomic mass is 32.1. The summed E-state index contributed by atoms with van der Waals surface area (Å²) in [5.74, 6) is -0.109. The Balaban J connectivity index is 1.74. The molecule has 0 spiro atoms. The fourth-order valence-electron chi connectivity index (χ4n) is 2.33. The minimum Gasteiger partial charge on any atom is -0.435 e. The average Bonchev–Trinajstić information content (AvgIpc) is 2.55. The number of halogens is 2. The number of anilines is 3. The van der Waals surface area contributed by atoms with Crippen molar-refractivity contribution in [1.82, 2.24) is 0 Å². The molecule has 5 nitrogen and oxygen atoms in total. The zero-order valence-electron chi connectivity index (χ0n) is 12.3. The topological polar surface area (TPSA) is 53.6 Å². The number of carbonyl (C=O) groups is 1. The number of hydrogen-bond donors (Lipinski definition) is 2. The summed E-state index contributed by atoms with van der Waals surface area (Å²) in [6, 6.07) is 13.3. The number of rotatable bonds is 3. The molecule has 0 aliphatic carbocycles. The standard InChI is InChI=1S/C16H13F2N3O2S/c17-15(18)23-11-7-5-10(6-8-11)19-16(24)21-9-14(22)20-12-3-1-2-4-13(12)21/h1-8,15H,9H2,(H,19,24)(H,20,22). The van der Waals surface area contributed by atoms with Gasteiger partial charge in [0, 0.05) is 5.69 Å². The number of hydrogen-bond acceptors (Lipinski definition) is 3. The van der Waals surface area contributed by atoms with Crippen LogP contribution in [0.2, 0.25) is 0 Å². The smallest absolute Gasteiger partial charge is 0.387 e. The molecule has 3 rings (SSSR count). The maximum atomic E-state index is 12.1. The van der Waals surface area contributed by atoms with E-state index < -0.39 is 6.61 Å². The van der Waals surface area contributed by atoms with Crippen molar-refractivity contribution < 1.29 is 18.3 Å². The van der Waals surface area contributed by atoms with Crippen LogP contribution in [0.25, 0.3) is 0 Å². The molecule has 0 atom stereocenters. The zero-order chi connectivity index (χ0) is 17.1. The van der Waals surface area contributed by atoms with E-state index in [1.807, 2.05) is 18.2 Å². The molecule has 8 heteroatoms. The Morgan fingerprint density at radius 3 is 2.62 bits per heavy atom. The predicted octanol–water partition coefficient (Wildman–Crippen LogP) is 3.44. The third kappa shape index (κ3) is 3.60. The number of para-hydroxylation sites is 2. The Bertz CT molecular complexity index is 768. The summed E-state index contributed by atoms with van der Waals surface area (Å²) in [4.78, 5) is 13.5. The van der Waals surface area contributed by atoms with Crippen LogP contribution in [0.4, 0.5) is 25.8 Å². The van der Waals surface area contributed by atoms with Gasteiger partial charge < -0.3 is 20.3 Å². The van der Waals surface area contributed by atoms with Crippen molar-refractivity contribution in [3.8, 4) is 5.75 Å². The van der Waals surface area contributed by atoms with Crippen molar-refractivity contribution in [3.63, 3.8) is 0 Å². The number of amides is 1. The third-order valence-corrected chi connectivity index (χ3v) is 3.67. The number of nitrogens with zero attached hydrogens (tertiary/aromatic N) is 1. The van der Waals surface area contributed by atoms with Gasteiger partial charge in [0.2, 0.25) is 5.91 Å². The Hall–Kier alpha value is -2.74. The molecule has 1 aliphatic heterocycles. The molecule has 24 heavy (non-hydrogen) atoms. The van der Waals surface area contributed by atoms with Gasteiger partial charge in [0.15, 0.2) is 5.11 Å². The van der Waals surface area contributed by atoms with E-state index in [9.17, 15) is 13.6 Å². The van der Waals surface area contributed by atoms with Crippen LogP contribution in [0.3, 0.4) is 0 Å². The second-order valence-corrected chi connectivity index (χ2v) is 5.37. The van der Waals surface area contributed by atoms with Crippen LogP contribution >= 0.6 is 12.2 Å². The average molecular weight is 349 g/mol. The first-order valence-corrected chi connectivity index (χ1v) is 7.46. The molecule has 0 saturated heterocycles. The van der Waals surface area contributed by atoms with E-state index in [1.165, 1.54) is 12.1 Å². The van der Waals surface area contributed by atoms with E-state index in [0.717, 1.165) is 5.69 Å². The van der Waals surface area contributed by atoms with E-state index in [1.54, 1.807) is 23.1 Å². The normalized spacial score (nSPS) is 13.3. The summed E-state index contributed by atoms with van der Waals surface area (Å²) in [6.07, 6.45) is 0. The lowest BCUT2D eigenvalue weighted by Crippen LogP contribution is -2.44. The predicted molar refractivity (Wildman–Crippen MR) is 91.7 cm³/mol. The largest absolute Gasteiger partial charge is 0.435 e. The van der Waals surface area contributed by atoms with Crippen molar-refractivity contribution in [2.24, 2.45) is 0 Å². The molecule has 2 aromatic rings. The van der Waals surface area contributed by atoms with Crippen LogP contribution in [-0.4, -0.2) is 24.2 Å². The van der Waals surface area contributed by atoms with Crippen LogP contribution < -0.4 is 20.3 Å². The second-order valence-electron chi connectivity index (χ2n) is 4.98. The van der Waals surface area contributed by atoms with Crippen molar-refractivity contribution in [3.05, 3.63) is 48.5 Å². The molecule has 0 aromatic heterocycles. The molecule has 0 unspecified atom stereocenters. The SMILES string of the molecule is O=C1CN(C(=S)Nc2ccc(OC(F)F)cc2)c2ccccc2N1. The number of thiocarbonyl (C=S) groups is 1. The first-order chi connectivity index (χ1) is 11.5. The Morgan fingerprint density at radius 1 is 1.21 bits per heavy atom. The summed E-state index contributed by atoms with van der Waals surface area (Å²) in [5, 5.41) is 6.10. The van der Waals surface area contributed by atoms with E-state index in [2.05, 4.69) is 15.4 Å². The van der Waals surface area contributed by atoms with Gasteiger partial charge in [-0.3, -0.25) is 4.79 Å². The molecule has 1 aliphatic rings. The summed E-state index contributed by atoms with van der Waals surface area (Å²) in [5.41, 5.74) is 2.07. The molecular weight excluding hydrogens is 336 g/mol. The van der Waals surface area contributed by atoms with Gasteiger partial charge in [-0.1, -0.05) is 12.1 Å². The molecule has 2 N–H and O–H groups in total. The summed E-state index contributed by atoms with van der Waals surface area (Å²) >= 11 is 5.37.